The van der Waals surface area contributed by atoms with Gasteiger partial charge in [-0.2, -0.15) is 0 Å². The molecule has 0 atom stereocenters. The molecule has 14 heteroatoms. The lowest BCUT2D eigenvalue weighted by atomic mass is 10.0. The fraction of sp³-hybridized carbons (Fsp3) is 0.0588. The van der Waals surface area contributed by atoms with E-state index in [0.717, 1.165) is 0 Å². The Morgan fingerprint density at radius 2 is 1.25 bits per heavy atom. The average molecular weight is 653 g/mol. The number of halogens is 2. The molecule has 12 nitrogen and oxygen atoms in total. The highest BCUT2D eigenvalue weighted by atomic mass is 19.1. The van der Waals surface area contributed by atoms with Crippen LogP contribution in [-0.2, 0) is 4.74 Å². The van der Waals surface area contributed by atoms with E-state index in [1.165, 1.54) is 55.3 Å². The van der Waals surface area contributed by atoms with Gasteiger partial charge in [-0.15, -0.1) is 0 Å². The van der Waals surface area contributed by atoms with Crippen LogP contribution in [0.15, 0.2) is 91.9 Å². The van der Waals surface area contributed by atoms with Crippen molar-refractivity contribution in [2.24, 2.45) is 0 Å². The summed E-state index contributed by atoms with van der Waals surface area (Å²) < 4.78 is 44.2. The summed E-state index contributed by atoms with van der Waals surface area (Å²) in [5, 5.41) is 10.8. The molecule has 6 heterocycles. The smallest absolute Gasteiger partial charge is 0.355 e. The van der Waals surface area contributed by atoms with E-state index >= 15 is 0 Å². The molecule has 0 spiro atoms. The number of H-pyrrole nitrogens is 4. The van der Waals surface area contributed by atoms with Crippen LogP contribution in [0.1, 0.15) is 27.9 Å². The first-order valence-corrected chi connectivity index (χ1v) is 14.4. The van der Waals surface area contributed by atoms with Crippen LogP contribution in [0.5, 0.6) is 0 Å². The van der Waals surface area contributed by atoms with Gasteiger partial charge in [0.2, 0.25) is 0 Å². The highest BCUT2D eigenvalue weighted by Gasteiger charge is 2.26. The number of aromatic carboxylic acids is 1. The third-order valence-electron chi connectivity index (χ3n) is 7.77. The Labute approximate surface area is 265 Å². The molecule has 240 valence electrons. The van der Waals surface area contributed by atoms with E-state index in [1.54, 1.807) is 25.1 Å². The van der Waals surface area contributed by atoms with Crippen molar-refractivity contribution < 1.29 is 37.0 Å². The molecule has 0 amide bonds. The van der Waals surface area contributed by atoms with Crippen LogP contribution >= 0.6 is 0 Å². The summed E-state index contributed by atoms with van der Waals surface area (Å²) >= 11 is 0. The molecule has 0 unspecified atom stereocenters. The van der Waals surface area contributed by atoms with Gasteiger partial charge in [-0.25, -0.2) is 18.4 Å². The average Bonchev–Trinajstić information content (AvgIpc) is 3.86. The maximum atomic E-state index is 14.3. The van der Waals surface area contributed by atoms with Crippen molar-refractivity contribution in [3.8, 4) is 22.3 Å². The highest BCUT2D eigenvalue weighted by molar-refractivity contribution is 6.17. The van der Waals surface area contributed by atoms with Crippen LogP contribution in [0.3, 0.4) is 0 Å². The molecule has 48 heavy (non-hydrogen) atoms. The van der Waals surface area contributed by atoms with Gasteiger partial charge in [-0.1, -0.05) is 0 Å². The lowest BCUT2D eigenvalue weighted by Gasteiger charge is -2.04. The first-order valence-electron chi connectivity index (χ1n) is 14.4. The van der Waals surface area contributed by atoms with Crippen LogP contribution in [0.2, 0.25) is 0 Å². The van der Waals surface area contributed by atoms with Crippen LogP contribution < -0.4 is 11.1 Å². The van der Waals surface area contributed by atoms with Gasteiger partial charge in [0, 0.05) is 23.5 Å². The molecular weight excluding hydrogens is 630 g/mol. The van der Waals surface area contributed by atoms with Gasteiger partial charge >= 0.3 is 11.9 Å². The monoisotopic (exact) mass is 652 g/mol. The van der Waals surface area contributed by atoms with E-state index < -0.39 is 29.1 Å². The van der Waals surface area contributed by atoms with Crippen LogP contribution in [0.4, 0.5) is 8.78 Å². The summed E-state index contributed by atoms with van der Waals surface area (Å²) in [5.74, 6) is -2.90. The number of carbonyl (C=O) groups is 2. The van der Waals surface area contributed by atoms with Crippen LogP contribution in [0, 0.1) is 11.6 Å². The normalized spacial score (nSPS) is 11.3. The number of fused-ring (bicyclic) bond motifs is 6. The molecule has 0 bridgehead atoms. The first-order chi connectivity index (χ1) is 23.2. The van der Waals surface area contributed by atoms with E-state index in [4.69, 9.17) is 13.6 Å². The fourth-order valence-corrected chi connectivity index (χ4v) is 5.81. The Kier molecular flexibility index (Phi) is 7.24. The predicted octanol–water partition coefficient (Wildman–Crippen LogP) is 6.69. The number of benzene rings is 2. The van der Waals surface area contributed by atoms with Crippen molar-refractivity contribution in [2.45, 2.75) is 6.92 Å². The summed E-state index contributed by atoms with van der Waals surface area (Å²) in [4.78, 5) is 59.0. The van der Waals surface area contributed by atoms with Crippen molar-refractivity contribution >= 4 is 55.7 Å². The summed E-state index contributed by atoms with van der Waals surface area (Å²) in [6.45, 7) is 1.85. The van der Waals surface area contributed by atoms with Crippen molar-refractivity contribution in [1.82, 2.24) is 19.9 Å². The molecule has 6 aromatic heterocycles. The standard InChI is InChI=1S/C18H13FN2O4.C16H9FN2O4/c1-2-24-18(23)15-13(10-4-3-6-20-17(10)22)14-12(21-15)8-11(19)9-5-7-25-16(9)14;17-9-6-10-12(14-7(9)3-5-23-14)11(13(19-10)16(21)22)8-2-1-4-18-15(8)20/h3-8,21H,2H2,1H3,(H,20,22);1-6,19H,(H,18,20)(H,21,22). The highest BCUT2D eigenvalue weighted by Crippen LogP contribution is 2.39. The molecule has 8 aromatic rings. The van der Waals surface area contributed by atoms with E-state index in [-0.39, 0.29) is 67.7 Å². The quantitative estimate of drug-likeness (QED) is 0.127. The number of carboxylic acids is 1. The Balaban J connectivity index is 0.000000152. The summed E-state index contributed by atoms with van der Waals surface area (Å²) in [6, 6.07) is 11.7. The number of pyridine rings is 2. The third kappa shape index (κ3) is 4.74. The second kappa shape index (κ2) is 11.6. The van der Waals surface area contributed by atoms with E-state index in [9.17, 15) is 33.1 Å². The number of carbonyl (C=O) groups excluding carboxylic acids is 1. The zero-order chi connectivity index (χ0) is 33.7. The van der Waals surface area contributed by atoms with Crippen LogP contribution in [-0.4, -0.2) is 43.6 Å². The molecule has 0 aliphatic carbocycles. The number of rotatable bonds is 5. The number of furan rings is 2. The van der Waals surface area contributed by atoms with Gasteiger partial charge < -0.3 is 38.6 Å². The second-order valence-corrected chi connectivity index (χ2v) is 10.5. The van der Waals surface area contributed by atoms with Crippen molar-refractivity contribution in [1.29, 1.82) is 0 Å². The molecule has 0 fully saturated rings. The minimum Gasteiger partial charge on any atom is -0.477 e. The van der Waals surface area contributed by atoms with E-state index in [2.05, 4.69) is 19.9 Å². The lowest BCUT2D eigenvalue weighted by Crippen LogP contribution is -2.11. The SMILES string of the molecule is CCOC(=O)c1[nH]c2cc(F)c3ccoc3c2c1-c1ccc[nH]c1=O.O=C(O)c1[nH]c2cc(F)c3ccoc3c2c1-c1ccc[nH]c1=O. The fourth-order valence-electron chi connectivity index (χ4n) is 5.81. The third-order valence-corrected chi connectivity index (χ3v) is 7.77. The maximum absolute atomic E-state index is 14.3. The number of esters is 1. The predicted molar refractivity (Wildman–Crippen MR) is 171 cm³/mol. The molecule has 0 aliphatic heterocycles. The van der Waals surface area contributed by atoms with Crippen molar-refractivity contribution in [3.63, 3.8) is 0 Å². The van der Waals surface area contributed by atoms with Crippen LogP contribution in [0.25, 0.3) is 66.0 Å². The van der Waals surface area contributed by atoms with Gasteiger partial charge in [0.25, 0.3) is 11.1 Å². The number of carboxylic acid groups (broad SMARTS) is 1. The maximum Gasteiger partial charge on any atom is 0.355 e. The van der Waals surface area contributed by atoms with E-state index in [0.29, 0.717) is 21.9 Å². The molecule has 0 saturated carbocycles. The Morgan fingerprint density at radius 3 is 1.71 bits per heavy atom. The number of hydrogen-bond donors (Lipinski definition) is 5. The van der Waals surface area contributed by atoms with E-state index in [1.807, 2.05) is 0 Å². The number of hydrogen-bond acceptors (Lipinski definition) is 7. The zero-order valence-corrected chi connectivity index (χ0v) is 24.7. The molecule has 2 aromatic carbocycles. The van der Waals surface area contributed by atoms with Gasteiger partial charge in [0.05, 0.1) is 62.8 Å². The first kappa shape index (κ1) is 30.0. The topological polar surface area (TPSA) is 187 Å². The summed E-state index contributed by atoms with van der Waals surface area (Å²) in [5.41, 5.74) is 1.06. The number of ether oxygens (including phenoxy) is 1. The molecule has 0 radical (unpaired) electrons. The number of aromatic nitrogens is 4. The second-order valence-electron chi connectivity index (χ2n) is 10.5. The molecule has 0 aliphatic rings. The largest absolute Gasteiger partial charge is 0.477 e. The van der Waals surface area contributed by atoms with Gasteiger partial charge in [0.15, 0.2) is 0 Å². The Bertz CT molecular complexity index is 2670. The summed E-state index contributed by atoms with van der Waals surface area (Å²) in [7, 11) is 0. The van der Waals surface area contributed by atoms with Crippen molar-refractivity contribution in [3.05, 3.63) is 117 Å². The summed E-state index contributed by atoms with van der Waals surface area (Å²) in [6.07, 6.45) is 5.62. The Hall–Kier alpha value is -6.70. The van der Waals surface area contributed by atoms with Gasteiger partial charge in [-0.05, 0) is 55.5 Å². The minimum atomic E-state index is -1.25. The molecule has 5 N–H and O–H groups in total. The zero-order valence-electron chi connectivity index (χ0n) is 24.7. The van der Waals surface area contributed by atoms with Crippen molar-refractivity contribution in [2.75, 3.05) is 6.61 Å². The molecule has 0 saturated heterocycles. The molecule has 8 rings (SSSR count). The lowest BCUT2D eigenvalue weighted by molar-refractivity contribution is 0.0521. The van der Waals surface area contributed by atoms with Gasteiger partial charge in [-0.3, -0.25) is 9.59 Å². The Morgan fingerprint density at radius 1 is 0.771 bits per heavy atom. The number of aromatic amines is 4. The number of nitrogens with one attached hydrogen (secondary N) is 4. The minimum absolute atomic E-state index is 0.0804. The molecular formula is C34H22F2N4O8. The van der Waals surface area contributed by atoms with Gasteiger partial charge in [0.1, 0.15) is 34.2 Å².